The predicted octanol–water partition coefficient (Wildman–Crippen LogP) is 3.56. The van der Waals surface area contributed by atoms with Gasteiger partial charge in [-0.05, 0) is 32.0 Å². The van der Waals surface area contributed by atoms with Crippen LogP contribution in [0, 0.1) is 5.82 Å². The number of nitrogens with two attached hydrogens (primary N) is 1. The monoisotopic (exact) mass is 250 g/mol. The van der Waals surface area contributed by atoms with Crippen molar-refractivity contribution in [2.75, 3.05) is 12.8 Å². The van der Waals surface area contributed by atoms with Gasteiger partial charge in [0.25, 0.3) is 0 Å². The summed E-state index contributed by atoms with van der Waals surface area (Å²) >= 11 is 0. The lowest BCUT2D eigenvalue weighted by Gasteiger charge is -2.27. The molecule has 0 radical (unpaired) electrons. The van der Waals surface area contributed by atoms with Crippen LogP contribution in [-0.2, 0) is 6.54 Å². The minimum atomic E-state index is -0.185. The Morgan fingerprint density at radius 2 is 1.89 bits per heavy atom. The maximum absolute atomic E-state index is 13.8. The highest BCUT2D eigenvalue weighted by molar-refractivity contribution is 5.40. The van der Waals surface area contributed by atoms with Crippen LogP contribution in [0.1, 0.15) is 44.1 Å². The Morgan fingerprint density at radius 3 is 2.50 bits per heavy atom. The quantitative estimate of drug-likeness (QED) is 0.656. The molecule has 1 aromatic rings. The van der Waals surface area contributed by atoms with Crippen LogP contribution >= 0.6 is 0 Å². The molecule has 0 bridgehead atoms. The summed E-state index contributed by atoms with van der Waals surface area (Å²) in [5.41, 5.74) is 6.81. The summed E-state index contributed by atoms with van der Waals surface area (Å²) in [5, 5.41) is 0. The molecule has 2 N–H and O–H groups in total. The van der Waals surface area contributed by atoms with Gasteiger partial charge in [0.15, 0.2) is 0 Å². The summed E-state index contributed by atoms with van der Waals surface area (Å²) in [4.78, 5) is 2.29. The second-order valence-electron chi connectivity index (χ2n) is 5.41. The molecule has 1 saturated carbocycles. The number of halogens is 1. The highest BCUT2D eigenvalue weighted by Crippen LogP contribution is 2.23. The highest BCUT2D eigenvalue weighted by Gasteiger charge is 2.17. The van der Waals surface area contributed by atoms with Crippen molar-refractivity contribution < 1.29 is 4.39 Å². The lowest BCUT2D eigenvalue weighted by molar-refractivity contribution is 0.210. The Labute approximate surface area is 109 Å². The number of nitrogens with zero attached hydrogens (tertiary/aromatic N) is 1. The van der Waals surface area contributed by atoms with Crippen LogP contribution in [-0.4, -0.2) is 18.0 Å². The van der Waals surface area contributed by atoms with Crippen LogP contribution in [0.4, 0.5) is 10.1 Å². The summed E-state index contributed by atoms with van der Waals surface area (Å²) in [6.45, 7) is 0.677. The van der Waals surface area contributed by atoms with E-state index in [2.05, 4.69) is 11.9 Å². The number of anilines is 1. The molecule has 1 aliphatic carbocycles. The van der Waals surface area contributed by atoms with E-state index in [0.717, 1.165) is 5.56 Å². The first-order valence-corrected chi connectivity index (χ1v) is 6.91. The summed E-state index contributed by atoms with van der Waals surface area (Å²) < 4.78 is 13.8. The van der Waals surface area contributed by atoms with E-state index in [1.54, 1.807) is 12.1 Å². The van der Waals surface area contributed by atoms with Crippen LogP contribution in [0.3, 0.4) is 0 Å². The number of rotatable bonds is 3. The molecule has 0 amide bonds. The van der Waals surface area contributed by atoms with Crippen molar-refractivity contribution >= 4 is 5.69 Å². The Bertz CT molecular complexity index is 384. The van der Waals surface area contributed by atoms with E-state index in [0.29, 0.717) is 18.3 Å². The SMILES string of the molecule is CN(Cc1ccc(N)cc1F)C1CCCCCC1. The average molecular weight is 250 g/mol. The molecular formula is C15H23FN2. The molecular weight excluding hydrogens is 227 g/mol. The molecule has 100 valence electrons. The summed E-state index contributed by atoms with van der Waals surface area (Å²) in [7, 11) is 2.10. The maximum Gasteiger partial charge on any atom is 0.129 e. The highest BCUT2D eigenvalue weighted by atomic mass is 19.1. The van der Waals surface area contributed by atoms with E-state index >= 15 is 0 Å². The molecule has 1 aromatic carbocycles. The minimum Gasteiger partial charge on any atom is -0.399 e. The summed E-state index contributed by atoms with van der Waals surface area (Å²) in [5.74, 6) is -0.185. The third-order valence-corrected chi connectivity index (χ3v) is 3.94. The molecule has 0 aliphatic heterocycles. The van der Waals surface area contributed by atoms with Crippen LogP contribution in [0.2, 0.25) is 0 Å². The van der Waals surface area contributed by atoms with Crippen LogP contribution in [0.25, 0.3) is 0 Å². The molecule has 0 spiro atoms. The normalized spacial score (nSPS) is 17.9. The van der Waals surface area contributed by atoms with Gasteiger partial charge in [0, 0.05) is 23.8 Å². The zero-order chi connectivity index (χ0) is 13.0. The van der Waals surface area contributed by atoms with E-state index in [-0.39, 0.29) is 5.82 Å². The Morgan fingerprint density at radius 1 is 1.22 bits per heavy atom. The molecule has 2 rings (SSSR count). The van der Waals surface area contributed by atoms with Gasteiger partial charge in [-0.15, -0.1) is 0 Å². The fourth-order valence-corrected chi connectivity index (χ4v) is 2.79. The Balaban J connectivity index is 1.98. The van der Waals surface area contributed by atoms with E-state index in [9.17, 15) is 4.39 Å². The number of nitrogen functional groups attached to an aromatic ring is 1. The van der Waals surface area contributed by atoms with Crippen LogP contribution < -0.4 is 5.73 Å². The van der Waals surface area contributed by atoms with Gasteiger partial charge >= 0.3 is 0 Å². The molecule has 3 heteroatoms. The van der Waals surface area contributed by atoms with E-state index in [1.165, 1.54) is 44.6 Å². The van der Waals surface area contributed by atoms with Gasteiger partial charge < -0.3 is 5.73 Å². The van der Waals surface area contributed by atoms with Gasteiger partial charge in [0.1, 0.15) is 5.82 Å². The smallest absolute Gasteiger partial charge is 0.129 e. The van der Waals surface area contributed by atoms with Crippen LogP contribution in [0.15, 0.2) is 18.2 Å². The third kappa shape index (κ3) is 3.45. The van der Waals surface area contributed by atoms with Crippen LogP contribution in [0.5, 0.6) is 0 Å². The maximum atomic E-state index is 13.8. The lowest BCUT2D eigenvalue weighted by atomic mass is 10.1. The van der Waals surface area contributed by atoms with Crippen molar-refractivity contribution in [3.8, 4) is 0 Å². The first-order chi connectivity index (χ1) is 8.66. The molecule has 0 heterocycles. The molecule has 0 saturated heterocycles. The summed E-state index contributed by atoms with van der Waals surface area (Å²) in [6, 6.07) is 5.59. The van der Waals surface area contributed by atoms with Crippen molar-refractivity contribution in [1.29, 1.82) is 0 Å². The van der Waals surface area contributed by atoms with E-state index in [4.69, 9.17) is 5.73 Å². The molecule has 1 fully saturated rings. The van der Waals surface area contributed by atoms with Gasteiger partial charge in [0.05, 0.1) is 0 Å². The zero-order valence-corrected chi connectivity index (χ0v) is 11.2. The number of hydrogen-bond acceptors (Lipinski definition) is 2. The van der Waals surface area contributed by atoms with Crippen molar-refractivity contribution in [3.05, 3.63) is 29.6 Å². The number of benzene rings is 1. The van der Waals surface area contributed by atoms with Crippen molar-refractivity contribution in [3.63, 3.8) is 0 Å². The van der Waals surface area contributed by atoms with E-state index < -0.39 is 0 Å². The summed E-state index contributed by atoms with van der Waals surface area (Å²) in [6.07, 6.45) is 7.79. The molecule has 0 atom stereocenters. The van der Waals surface area contributed by atoms with Crippen molar-refractivity contribution in [2.45, 2.75) is 51.1 Å². The van der Waals surface area contributed by atoms with Crippen molar-refractivity contribution in [1.82, 2.24) is 4.90 Å². The van der Waals surface area contributed by atoms with Gasteiger partial charge in [-0.3, -0.25) is 4.90 Å². The molecule has 0 unspecified atom stereocenters. The lowest BCUT2D eigenvalue weighted by Crippen LogP contribution is -2.31. The minimum absolute atomic E-state index is 0.185. The molecule has 1 aliphatic rings. The Hall–Kier alpha value is -1.09. The zero-order valence-electron chi connectivity index (χ0n) is 11.2. The molecule has 2 nitrogen and oxygen atoms in total. The third-order valence-electron chi connectivity index (χ3n) is 3.94. The number of hydrogen-bond donors (Lipinski definition) is 1. The topological polar surface area (TPSA) is 29.3 Å². The standard InChI is InChI=1S/C15H23FN2/c1-18(14-6-4-2-3-5-7-14)11-12-8-9-13(17)10-15(12)16/h8-10,14H,2-7,11,17H2,1H3. The molecule has 18 heavy (non-hydrogen) atoms. The second-order valence-corrected chi connectivity index (χ2v) is 5.41. The predicted molar refractivity (Wildman–Crippen MR) is 73.8 cm³/mol. The van der Waals surface area contributed by atoms with E-state index in [1.807, 2.05) is 0 Å². The fourth-order valence-electron chi connectivity index (χ4n) is 2.79. The van der Waals surface area contributed by atoms with Gasteiger partial charge in [0.2, 0.25) is 0 Å². The second kappa shape index (κ2) is 6.19. The average Bonchev–Trinajstić information content (AvgIpc) is 2.61. The first kappa shape index (κ1) is 13.3. The largest absolute Gasteiger partial charge is 0.399 e. The van der Waals surface area contributed by atoms with Gasteiger partial charge in [-0.25, -0.2) is 4.39 Å². The molecule has 0 aromatic heterocycles. The Kier molecular flexibility index (Phi) is 4.59. The fraction of sp³-hybridized carbons (Fsp3) is 0.600. The first-order valence-electron chi connectivity index (χ1n) is 6.91. The van der Waals surface area contributed by atoms with Gasteiger partial charge in [-0.2, -0.15) is 0 Å². The van der Waals surface area contributed by atoms with Crippen molar-refractivity contribution in [2.24, 2.45) is 0 Å². The van der Waals surface area contributed by atoms with Gasteiger partial charge in [-0.1, -0.05) is 31.7 Å².